The summed E-state index contributed by atoms with van der Waals surface area (Å²) in [6.07, 6.45) is -1.09. The normalized spacial score (nSPS) is 15.2. The molecule has 3 aromatic rings. The third kappa shape index (κ3) is 5.56. The number of aromatic nitrogens is 3. The summed E-state index contributed by atoms with van der Waals surface area (Å²) in [7, 11) is 0. The van der Waals surface area contributed by atoms with Crippen molar-refractivity contribution in [3.05, 3.63) is 58.6 Å². The lowest BCUT2D eigenvalue weighted by molar-refractivity contribution is -0.344. The second kappa shape index (κ2) is 9.56. The lowest BCUT2D eigenvalue weighted by atomic mass is 10.1. The van der Waals surface area contributed by atoms with Gasteiger partial charge in [0, 0.05) is 31.5 Å². The average molecular weight is 482 g/mol. The highest BCUT2D eigenvalue weighted by molar-refractivity contribution is 6.30. The summed E-state index contributed by atoms with van der Waals surface area (Å²) < 4.78 is 42.9. The molecule has 0 radical (unpaired) electrons. The Balaban J connectivity index is 1.36. The molecule has 0 atom stereocenters. The summed E-state index contributed by atoms with van der Waals surface area (Å²) in [5, 5.41) is 3.31. The largest absolute Gasteiger partial charge is 0.522 e. The Morgan fingerprint density at radius 2 is 1.94 bits per heavy atom. The van der Waals surface area contributed by atoms with E-state index in [4.69, 9.17) is 11.6 Å². The third-order valence-electron chi connectivity index (χ3n) is 5.57. The molecule has 0 saturated carbocycles. The second-order valence-corrected chi connectivity index (χ2v) is 8.24. The molecule has 1 N–H and O–H groups in total. The van der Waals surface area contributed by atoms with Crippen molar-refractivity contribution in [3.63, 3.8) is 0 Å². The van der Waals surface area contributed by atoms with Gasteiger partial charge in [0.2, 0.25) is 5.78 Å². The molecule has 1 aromatic carbocycles. The number of nitrogens with one attached hydrogen (secondary N) is 1. The Morgan fingerprint density at radius 3 is 2.58 bits per heavy atom. The quantitative estimate of drug-likeness (QED) is 0.565. The fourth-order valence-corrected chi connectivity index (χ4v) is 4.10. The predicted octanol–water partition coefficient (Wildman–Crippen LogP) is 4.38. The fourth-order valence-electron chi connectivity index (χ4n) is 3.95. The number of alkyl halides is 3. The summed E-state index contributed by atoms with van der Waals surface area (Å²) in [6.45, 7) is 3.20. The van der Waals surface area contributed by atoms with Crippen molar-refractivity contribution in [3.8, 4) is 0 Å². The number of rotatable bonds is 6. The molecule has 1 amide bonds. The number of halogens is 4. The number of hydrogen-bond donors (Lipinski definition) is 1. The number of aryl methyl sites for hydroxylation is 1. The topological polar surface area (TPSA) is 71.8 Å². The molecule has 2 aromatic heterocycles. The first kappa shape index (κ1) is 23.3. The summed E-state index contributed by atoms with van der Waals surface area (Å²) >= 11 is 6.03. The summed E-state index contributed by atoms with van der Waals surface area (Å²) in [6, 6.07) is 7.59. The van der Waals surface area contributed by atoms with Crippen LogP contribution in [0.2, 0.25) is 5.02 Å². The number of nitrogens with zero attached hydrogens (tertiary/aromatic N) is 4. The van der Waals surface area contributed by atoms with Gasteiger partial charge in [-0.15, -0.1) is 13.2 Å². The van der Waals surface area contributed by atoms with Gasteiger partial charge in [0.15, 0.2) is 0 Å². The molecule has 1 aliphatic rings. The maximum absolute atomic E-state index is 12.9. The highest BCUT2D eigenvalue weighted by atomic mass is 35.5. The van der Waals surface area contributed by atoms with E-state index in [1.165, 1.54) is 6.20 Å². The molecule has 176 valence electrons. The Morgan fingerprint density at radius 1 is 1.24 bits per heavy atom. The van der Waals surface area contributed by atoms with E-state index in [2.05, 4.69) is 20.0 Å². The second-order valence-electron chi connectivity index (χ2n) is 7.80. The van der Waals surface area contributed by atoms with Crippen LogP contribution in [0, 0.1) is 0 Å². The van der Waals surface area contributed by atoms with Crippen LogP contribution < -0.4 is 10.2 Å². The number of carbonyl (C=O) groups excluding carboxylic acids is 1. The van der Waals surface area contributed by atoms with E-state index in [0.29, 0.717) is 61.1 Å². The van der Waals surface area contributed by atoms with Crippen LogP contribution in [0.15, 0.2) is 36.7 Å². The Kier molecular flexibility index (Phi) is 6.76. The van der Waals surface area contributed by atoms with Gasteiger partial charge in [-0.05, 0) is 37.0 Å². The van der Waals surface area contributed by atoms with Gasteiger partial charge in [-0.1, -0.05) is 30.7 Å². The van der Waals surface area contributed by atoms with Crippen LogP contribution in [-0.4, -0.2) is 45.8 Å². The number of ether oxygens (including phenoxy) is 1. The van der Waals surface area contributed by atoms with Crippen LogP contribution in [0.3, 0.4) is 0 Å². The molecule has 0 bridgehead atoms. The number of benzene rings is 1. The van der Waals surface area contributed by atoms with E-state index in [1.807, 2.05) is 36.1 Å². The lowest BCUT2D eigenvalue weighted by Crippen LogP contribution is -2.39. The molecule has 3 heterocycles. The van der Waals surface area contributed by atoms with Gasteiger partial charge in [-0.25, -0.2) is 9.97 Å². The molecule has 0 aliphatic carbocycles. The minimum Gasteiger partial charge on any atom is -0.371 e. The Labute approximate surface area is 193 Å². The number of anilines is 1. The zero-order valence-corrected chi connectivity index (χ0v) is 18.7. The van der Waals surface area contributed by atoms with Crippen molar-refractivity contribution in [2.45, 2.75) is 45.2 Å². The predicted molar refractivity (Wildman–Crippen MR) is 117 cm³/mol. The molecular weight excluding hydrogens is 459 g/mol. The van der Waals surface area contributed by atoms with Crippen LogP contribution >= 0.6 is 11.6 Å². The van der Waals surface area contributed by atoms with Gasteiger partial charge in [0.25, 0.3) is 5.91 Å². The third-order valence-corrected chi connectivity index (χ3v) is 5.76. The van der Waals surface area contributed by atoms with Crippen molar-refractivity contribution in [1.82, 2.24) is 19.7 Å². The minimum atomic E-state index is -4.59. The number of amides is 1. The van der Waals surface area contributed by atoms with E-state index in [-0.39, 0.29) is 5.91 Å². The number of imidazole rings is 1. The molecule has 4 rings (SSSR count). The van der Waals surface area contributed by atoms with Crippen LogP contribution in [0.4, 0.5) is 18.9 Å². The molecule has 33 heavy (non-hydrogen) atoms. The number of fused-ring (bicyclic) bond motifs is 1. The first-order valence-electron chi connectivity index (χ1n) is 10.6. The van der Waals surface area contributed by atoms with Crippen LogP contribution in [0.25, 0.3) is 5.78 Å². The van der Waals surface area contributed by atoms with E-state index in [9.17, 15) is 18.0 Å². The minimum absolute atomic E-state index is 0.278. The maximum atomic E-state index is 12.9. The van der Waals surface area contributed by atoms with Gasteiger partial charge in [-0.2, -0.15) is 0 Å². The highest BCUT2D eigenvalue weighted by Crippen LogP contribution is 2.27. The summed E-state index contributed by atoms with van der Waals surface area (Å²) in [4.78, 5) is 23.5. The zero-order valence-electron chi connectivity index (χ0n) is 17.9. The van der Waals surface area contributed by atoms with E-state index in [0.717, 1.165) is 11.3 Å². The standard InChI is InChI=1S/C22H23ClF3N5O2/c1-2-18-19(31-13-15(23)12-28-21(31)29-18)20(32)27-11-14-3-5-16(6-4-14)30-9-7-17(8-10-30)33-22(24,25)26/h3-6,12-13,17H,2,7-11H2,1H3,(H,27,32). The summed E-state index contributed by atoms with van der Waals surface area (Å²) in [5.74, 6) is 0.134. The zero-order chi connectivity index (χ0) is 23.6. The molecule has 1 saturated heterocycles. The highest BCUT2D eigenvalue weighted by Gasteiger charge is 2.35. The number of hydrogen-bond acceptors (Lipinski definition) is 5. The number of carbonyl (C=O) groups is 1. The molecular formula is C22H23ClF3N5O2. The average Bonchev–Trinajstić information content (AvgIpc) is 3.15. The molecule has 0 spiro atoms. The van der Waals surface area contributed by atoms with Gasteiger partial charge in [-0.3, -0.25) is 13.9 Å². The van der Waals surface area contributed by atoms with Crippen LogP contribution in [-0.2, 0) is 17.7 Å². The SMILES string of the molecule is CCc1nc2ncc(Cl)cn2c1C(=O)NCc1ccc(N2CCC(OC(F)(F)F)CC2)cc1. The molecule has 0 unspecified atom stereocenters. The van der Waals surface area contributed by atoms with Gasteiger partial charge in [0.1, 0.15) is 5.69 Å². The number of piperidine rings is 1. The molecule has 1 fully saturated rings. The van der Waals surface area contributed by atoms with E-state index in [1.54, 1.807) is 10.6 Å². The Hall–Kier alpha value is -2.85. The van der Waals surface area contributed by atoms with Crippen molar-refractivity contribution in [1.29, 1.82) is 0 Å². The van der Waals surface area contributed by atoms with Gasteiger partial charge < -0.3 is 10.2 Å². The van der Waals surface area contributed by atoms with Crippen molar-refractivity contribution < 1.29 is 22.7 Å². The molecule has 11 heteroatoms. The van der Waals surface area contributed by atoms with Crippen molar-refractivity contribution in [2.24, 2.45) is 0 Å². The maximum Gasteiger partial charge on any atom is 0.522 e. The van der Waals surface area contributed by atoms with Crippen LogP contribution in [0.1, 0.15) is 41.5 Å². The smallest absolute Gasteiger partial charge is 0.371 e. The monoisotopic (exact) mass is 481 g/mol. The van der Waals surface area contributed by atoms with E-state index < -0.39 is 12.5 Å². The van der Waals surface area contributed by atoms with Gasteiger partial charge in [0.05, 0.1) is 23.0 Å². The fraction of sp³-hybridized carbons (Fsp3) is 0.409. The van der Waals surface area contributed by atoms with Gasteiger partial charge >= 0.3 is 6.36 Å². The lowest BCUT2D eigenvalue weighted by Gasteiger charge is -2.33. The Bertz CT molecular complexity index is 1130. The van der Waals surface area contributed by atoms with Crippen LogP contribution in [0.5, 0.6) is 0 Å². The van der Waals surface area contributed by atoms with Crippen molar-refractivity contribution in [2.75, 3.05) is 18.0 Å². The first-order chi connectivity index (χ1) is 15.7. The summed E-state index contributed by atoms with van der Waals surface area (Å²) in [5.41, 5.74) is 2.86. The molecule has 7 nitrogen and oxygen atoms in total. The first-order valence-corrected chi connectivity index (χ1v) is 11.0. The van der Waals surface area contributed by atoms with E-state index >= 15 is 0 Å². The van der Waals surface area contributed by atoms with Crippen molar-refractivity contribution >= 4 is 29.0 Å². The molecule has 1 aliphatic heterocycles.